The summed E-state index contributed by atoms with van der Waals surface area (Å²) in [4.78, 5) is 0. The van der Waals surface area contributed by atoms with Crippen LogP contribution in [0.25, 0.3) is 17.2 Å². The van der Waals surface area contributed by atoms with E-state index in [0.717, 1.165) is 6.42 Å². The summed E-state index contributed by atoms with van der Waals surface area (Å²) in [6.07, 6.45) is 8.76. The fourth-order valence-electron chi connectivity index (χ4n) is 4.88. The Morgan fingerprint density at radius 3 is 1.82 bits per heavy atom. The van der Waals surface area contributed by atoms with Crippen LogP contribution in [0, 0.1) is 0 Å². The van der Waals surface area contributed by atoms with E-state index in [1.54, 1.807) is 16.7 Å². The SMILES string of the molecule is CC1=Cc2cc(-c3cc(C(C)(C)C)cc(C(C)(C)C)c3)c3c(c2C1)CCCC3. The van der Waals surface area contributed by atoms with Gasteiger partial charge in [-0.15, -0.1) is 0 Å². The third kappa shape index (κ3) is 3.47. The maximum absolute atomic E-state index is 2.50. The zero-order valence-corrected chi connectivity index (χ0v) is 18.9. The average Bonchev–Trinajstić information content (AvgIpc) is 2.99. The van der Waals surface area contributed by atoms with E-state index in [-0.39, 0.29) is 10.8 Å². The van der Waals surface area contributed by atoms with Crippen molar-refractivity contribution in [3.05, 3.63) is 63.2 Å². The molecule has 0 atom stereocenters. The van der Waals surface area contributed by atoms with E-state index in [2.05, 4.69) is 78.8 Å². The van der Waals surface area contributed by atoms with Gasteiger partial charge in [-0.2, -0.15) is 0 Å². The standard InChI is InChI=1S/C28H36/c1-18-12-19-16-26(24-11-9-8-10-23(24)25(19)13-18)20-14-21(27(2,3)4)17-22(15-20)28(5,6)7/h12,14-17H,8-11,13H2,1-7H3. The maximum atomic E-state index is 2.50. The molecule has 2 aromatic rings. The van der Waals surface area contributed by atoms with Gasteiger partial charge in [-0.3, -0.25) is 0 Å². The third-order valence-corrected chi connectivity index (χ3v) is 6.64. The number of hydrogen-bond acceptors (Lipinski definition) is 0. The Morgan fingerprint density at radius 1 is 0.679 bits per heavy atom. The van der Waals surface area contributed by atoms with Crippen LogP contribution < -0.4 is 0 Å². The average molecular weight is 373 g/mol. The van der Waals surface area contributed by atoms with Crippen LogP contribution in [-0.2, 0) is 30.1 Å². The van der Waals surface area contributed by atoms with Gasteiger partial charge in [-0.1, -0.05) is 71.4 Å². The Morgan fingerprint density at radius 2 is 1.25 bits per heavy atom. The fraction of sp³-hybridized carbons (Fsp3) is 0.500. The van der Waals surface area contributed by atoms with Crippen molar-refractivity contribution >= 4 is 6.08 Å². The summed E-state index contributed by atoms with van der Waals surface area (Å²) in [6.45, 7) is 16.3. The molecule has 0 unspecified atom stereocenters. The summed E-state index contributed by atoms with van der Waals surface area (Å²) in [5.74, 6) is 0. The van der Waals surface area contributed by atoms with Gasteiger partial charge in [-0.05, 0) is 100 Å². The smallest absolute Gasteiger partial charge is 0.00578 e. The molecule has 148 valence electrons. The number of rotatable bonds is 1. The molecular weight excluding hydrogens is 336 g/mol. The van der Waals surface area contributed by atoms with Crippen molar-refractivity contribution in [3.63, 3.8) is 0 Å². The Balaban J connectivity index is 1.98. The quantitative estimate of drug-likeness (QED) is 0.479. The van der Waals surface area contributed by atoms with Gasteiger partial charge in [-0.25, -0.2) is 0 Å². The first kappa shape index (κ1) is 19.5. The lowest BCUT2D eigenvalue weighted by Crippen LogP contribution is -2.17. The van der Waals surface area contributed by atoms with Crippen molar-refractivity contribution in [2.45, 2.75) is 91.4 Å². The number of hydrogen-bond donors (Lipinski definition) is 0. The zero-order valence-electron chi connectivity index (χ0n) is 18.9. The molecule has 0 spiro atoms. The zero-order chi connectivity index (χ0) is 20.3. The Hall–Kier alpha value is -1.82. The molecule has 0 heteroatoms. The highest BCUT2D eigenvalue weighted by atomic mass is 14.3. The highest BCUT2D eigenvalue weighted by molar-refractivity contribution is 5.78. The van der Waals surface area contributed by atoms with Crippen LogP contribution in [0.5, 0.6) is 0 Å². The molecule has 0 radical (unpaired) electrons. The molecule has 0 aliphatic heterocycles. The van der Waals surface area contributed by atoms with Crippen LogP contribution in [-0.4, -0.2) is 0 Å². The summed E-state index contributed by atoms with van der Waals surface area (Å²) in [5.41, 5.74) is 14.1. The number of benzene rings is 2. The minimum Gasteiger partial charge on any atom is -0.0683 e. The second-order valence-corrected chi connectivity index (χ2v) is 11.1. The second kappa shape index (κ2) is 6.61. The van der Waals surface area contributed by atoms with Crippen molar-refractivity contribution < 1.29 is 0 Å². The molecule has 0 amide bonds. The molecule has 0 saturated carbocycles. The van der Waals surface area contributed by atoms with Crippen molar-refractivity contribution in [2.75, 3.05) is 0 Å². The molecule has 0 fully saturated rings. The van der Waals surface area contributed by atoms with Gasteiger partial charge in [0.15, 0.2) is 0 Å². The van der Waals surface area contributed by atoms with Crippen molar-refractivity contribution in [1.82, 2.24) is 0 Å². The summed E-state index contributed by atoms with van der Waals surface area (Å²) in [6, 6.07) is 9.88. The Kier molecular flexibility index (Phi) is 4.60. The van der Waals surface area contributed by atoms with Crippen LogP contribution in [0.3, 0.4) is 0 Å². The predicted octanol–water partition coefficient (Wildman–Crippen LogP) is 7.79. The fourth-order valence-corrected chi connectivity index (χ4v) is 4.88. The minimum atomic E-state index is 0.156. The molecule has 2 aromatic carbocycles. The highest BCUT2D eigenvalue weighted by Crippen LogP contribution is 2.42. The van der Waals surface area contributed by atoms with Gasteiger partial charge >= 0.3 is 0 Å². The van der Waals surface area contributed by atoms with E-state index in [1.165, 1.54) is 59.1 Å². The molecule has 0 N–H and O–H groups in total. The monoisotopic (exact) mass is 372 g/mol. The molecule has 0 saturated heterocycles. The summed E-state index contributed by atoms with van der Waals surface area (Å²) in [7, 11) is 0. The topological polar surface area (TPSA) is 0 Å². The van der Waals surface area contributed by atoms with E-state index in [1.807, 2.05) is 0 Å². The largest absolute Gasteiger partial charge is 0.0683 e. The number of fused-ring (bicyclic) bond motifs is 3. The minimum absolute atomic E-state index is 0.156. The van der Waals surface area contributed by atoms with E-state index in [0.29, 0.717) is 0 Å². The molecular formula is C28H36. The molecule has 0 bridgehead atoms. The van der Waals surface area contributed by atoms with Gasteiger partial charge in [0.1, 0.15) is 0 Å². The summed E-state index contributed by atoms with van der Waals surface area (Å²) >= 11 is 0. The van der Waals surface area contributed by atoms with Gasteiger partial charge < -0.3 is 0 Å². The maximum Gasteiger partial charge on any atom is -0.00578 e. The third-order valence-electron chi connectivity index (χ3n) is 6.64. The van der Waals surface area contributed by atoms with Crippen molar-refractivity contribution in [3.8, 4) is 11.1 Å². The van der Waals surface area contributed by atoms with Gasteiger partial charge in [0, 0.05) is 0 Å². The normalized spacial score (nSPS) is 16.6. The summed E-state index contributed by atoms with van der Waals surface area (Å²) < 4.78 is 0. The van der Waals surface area contributed by atoms with Crippen LogP contribution >= 0.6 is 0 Å². The van der Waals surface area contributed by atoms with Gasteiger partial charge in [0.05, 0.1) is 0 Å². The Bertz CT molecular complexity index is 923. The first-order valence-corrected chi connectivity index (χ1v) is 11.1. The molecule has 28 heavy (non-hydrogen) atoms. The van der Waals surface area contributed by atoms with Crippen molar-refractivity contribution in [2.24, 2.45) is 0 Å². The summed E-state index contributed by atoms with van der Waals surface area (Å²) in [5, 5.41) is 0. The van der Waals surface area contributed by atoms with E-state index < -0.39 is 0 Å². The van der Waals surface area contributed by atoms with Crippen LogP contribution in [0.1, 0.15) is 94.7 Å². The lowest BCUT2D eigenvalue weighted by molar-refractivity contribution is 0.569. The van der Waals surface area contributed by atoms with Crippen LogP contribution in [0.15, 0.2) is 29.8 Å². The molecule has 2 aliphatic carbocycles. The second-order valence-electron chi connectivity index (χ2n) is 11.1. The first-order valence-electron chi connectivity index (χ1n) is 11.1. The van der Waals surface area contributed by atoms with Gasteiger partial charge in [0.25, 0.3) is 0 Å². The molecule has 0 nitrogen and oxygen atoms in total. The first-order chi connectivity index (χ1) is 13.0. The van der Waals surface area contributed by atoms with E-state index in [4.69, 9.17) is 0 Å². The molecule has 0 aromatic heterocycles. The van der Waals surface area contributed by atoms with Crippen LogP contribution in [0.4, 0.5) is 0 Å². The van der Waals surface area contributed by atoms with E-state index in [9.17, 15) is 0 Å². The molecule has 2 aliphatic rings. The number of allylic oxidation sites excluding steroid dienone is 1. The highest BCUT2D eigenvalue weighted by Gasteiger charge is 2.26. The lowest BCUT2D eigenvalue weighted by Gasteiger charge is -2.28. The predicted molar refractivity (Wildman–Crippen MR) is 123 cm³/mol. The van der Waals surface area contributed by atoms with Gasteiger partial charge in [0.2, 0.25) is 0 Å². The van der Waals surface area contributed by atoms with E-state index >= 15 is 0 Å². The lowest BCUT2D eigenvalue weighted by atomic mass is 9.76. The molecule has 4 rings (SSSR count). The van der Waals surface area contributed by atoms with Crippen molar-refractivity contribution in [1.29, 1.82) is 0 Å². The molecule has 0 heterocycles. The van der Waals surface area contributed by atoms with Crippen LogP contribution in [0.2, 0.25) is 0 Å². The Labute approximate surface area is 172 Å².